The van der Waals surface area contributed by atoms with Crippen LogP contribution in [0.2, 0.25) is 0 Å². The Morgan fingerprint density at radius 1 is 0.493 bits per heavy atom. The van der Waals surface area contributed by atoms with Crippen molar-refractivity contribution in [3.05, 3.63) is 188 Å². The molecule has 75 heavy (non-hydrogen) atoms. The molecule has 4 N–H and O–H groups in total. The topological polar surface area (TPSA) is 130 Å². The summed E-state index contributed by atoms with van der Waals surface area (Å²) in [5.74, 6) is -1.02. The second kappa shape index (κ2) is 24.3. The molecule has 4 saturated heterocycles. The maximum Gasteiger partial charge on any atom is 0.337 e. The number of carbonyl (C=O) groups excluding carboxylic acids is 1. The molecule has 0 radical (unpaired) electrons. The minimum absolute atomic E-state index is 0.105. The Labute approximate surface area is 444 Å². The number of amides is 1. The van der Waals surface area contributed by atoms with Gasteiger partial charge in [0.25, 0.3) is 5.91 Å². The maximum absolute atomic E-state index is 13.3. The maximum atomic E-state index is 13.3. The van der Waals surface area contributed by atoms with Gasteiger partial charge in [0.15, 0.2) is 0 Å². The van der Waals surface area contributed by atoms with Crippen LogP contribution in [0.5, 0.6) is 0 Å². The largest absolute Gasteiger partial charge is 0.478 e. The lowest BCUT2D eigenvalue weighted by Crippen LogP contribution is -2.18. The zero-order valence-electron chi connectivity index (χ0n) is 44.1. The summed E-state index contributed by atoms with van der Waals surface area (Å²) in [6.07, 6.45) is 12.0. The number of fused-ring (bicyclic) bond motifs is 2. The highest BCUT2D eigenvalue weighted by Crippen LogP contribution is 2.35. The summed E-state index contributed by atoms with van der Waals surface area (Å²) in [7, 11) is 0. The predicted octanol–water partition coefficient (Wildman–Crippen LogP) is 11.9. The number of likely N-dealkylation sites (tertiary alicyclic amines) is 4. The van der Waals surface area contributed by atoms with Crippen molar-refractivity contribution in [3.63, 3.8) is 0 Å². The van der Waals surface area contributed by atoms with Crippen molar-refractivity contribution < 1.29 is 14.7 Å². The lowest BCUT2D eigenvalue weighted by Gasteiger charge is -2.16. The van der Waals surface area contributed by atoms with Gasteiger partial charge in [0, 0.05) is 50.4 Å². The van der Waals surface area contributed by atoms with E-state index in [1.165, 1.54) is 143 Å². The first kappa shape index (κ1) is 51.7. The van der Waals surface area contributed by atoms with E-state index < -0.39 is 5.97 Å². The van der Waals surface area contributed by atoms with Gasteiger partial charge in [-0.05, 0) is 210 Å². The van der Waals surface area contributed by atoms with Gasteiger partial charge in [-0.1, -0.05) is 84.9 Å². The molecule has 12 rings (SSSR count). The number of aliphatic imine (C=N–C) groups is 2. The fraction of sp³-hybridized carbons (Fsp3) is 0.375. The summed E-state index contributed by atoms with van der Waals surface area (Å²) in [5.41, 5.74) is 23.9. The number of nitrogens with one attached hydrogen (secondary N) is 1. The van der Waals surface area contributed by atoms with Crippen molar-refractivity contribution >= 4 is 46.0 Å². The highest BCUT2D eigenvalue weighted by atomic mass is 16.4. The molecule has 0 aliphatic carbocycles. The highest BCUT2D eigenvalue weighted by Gasteiger charge is 2.25. The average molecular weight is 1000 g/mol. The smallest absolute Gasteiger partial charge is 0.337 e. The van der Waals surface area contributed by atoms with Gasteiger partial charge >= 0.3 is 5.97 Å². The number of hydrogen-bond donors (Lipinski definition) is 3. The van der Waals surface area contributed by atoms with Gasteiger partial charge in [-0.25, -0.2) is 4.79 Å². The third kappa shape index (κ3) is 13.2. The van der Waals surface area contributed by atoms with E-state index in [0.717, 1.165) is 77.8 Å². The summed E-state index contributed by atoms with van der Waals surface area (Å²) >= 11 is 0. The van der Waals surface area contributed by atoms with Gasteiger partial charge in [0.05, 0.1) is 33.9 Å². The van der Waals surface area contributed by atoms with E-state index in [-0.39, 0.29) is 11.5 Å². The van der Waals surface area contributed by atoms with Crippen molar-refractivity contribution in [1.82, 2.24) is 19.6 Å². The number of hydrogen-bond acceptors (Lipinski definition) is 9. The van der Waals surface area contributed by atoms with Crippen LogP contribution in [-0.2, 0) is 39.0 Å². The van der Waals surface area contributed by atoms with Gasteiger partial charge in [-0.15, -0.1) is 0 Å². The fourth-order valence-electron chi connectivity index (χ4n) is 11.7. The molecule has 6 aromatic rings. The Bertz CT molecular complexity index is 3030. The van der Waals surface area contributed by atoms with E-state index in [1.54, 1.807) is 12.1 Å². The lowest BCUT2D eigenvalue weighted by atomic mass is 9.97. The number of carboxylic acid groups (broad SMARTS) is 1. The molecule has 0 spiro atoms. The first-order chi connectivity index (χ1) is 36.6. The summed E-state index contributed by atoms with van der Waals surface area (Å²) < 4.78 is 0. The molecule has 11 nitrogen and oxygen atoms in total. The Morgan fingerprint density at radius 2 is 0.867 bits per heavy atom. The minimum Gasteiger partial charge on any atom is -0.478 e. The third-order valence-corrected chi connectivity index (χ3v) is 15.7. The lowest BCUT2D eigenvalue weighted by molar-refractivity contribution is 0.0697. The Kier molecular flexibility index (Phi) is 16.7. The Morgan fingerprint density at radius 3 is 1.28 bits per heavy atom. The van der Waals surface area contributed by atoms with Crippen molar-refractivity contribution in [2.24, 2.45) is 9.98 Å². The van der Waals surface area contributed by atoms with Gasteiger partial charge < -0.3 is 16.2 Å². The monoisotopic (exact) mass is 1000 g/mol. The SMILES string of the molecule is Cc1cc(CN2CCCC2)ccc1C1=Nc2c(cccc2C(=O)Nc2ccc(CN3CCCC3)cc2)C1.Cc1cc(CN2CCCC2)ccc1C1=Nc2c(cccc2C(=O)O)C1.Nc1ccc(CN2CCCC2)cc1. The molecule has 0 bridgehead atoms. The number of nitrogen functional groups attached to an aromatic ring is 1. The number of aryl methyl sites for hydroxylation is 2. The van der Waals surface area contributed by atoms with E-state index in [4.69, 9.17) is 10.7 Å². The Balaban J connectivity index is 0.000000144. The van der Waals surface area contributed by atoms with Gasteiger partial charge in [-0.3, -0.25) is 34.4 Å². The third-order valence-electron chi connectivity index (χ3n) is 15.7. The molecule has 388 valence electrons. The van der Waals surface area contributed by atoms with Crippen LogP contribution < -0.4 is 11.1 Å². The zero-order valence-corrected chi connectivity index (χ0v) is 44.1. The highest BCUT2D eigenvalue weighted by molar-refractivity contribution is 6.14. The molecule has 1 amide bonds. The molecule has 11 heteroatoms. The summed E-state index contributed by atoms with van der Waals surface area (Å²) in [5, 5.41) is 12.4. The number of anilines is 2. The van der Waals surface area contributed by atoms with Crippen LogP contribution in [0.15, 0.2) is 131 Å². The predicted molar refractivity (Wildman–Crippen MR) is 305 cm³/mol. The molecule has 0 unspecified atom stereocenters. The molecule has 0 aromatic heterocycles. The van der Waals surface area contributed by atoms with E-state index >= 15 is 0 Å². The molecule has 6 heterocycles. The molecular weight excluding hydrogens is 929 g/mol. The number of rotatable bonds is 13. The van der Waals surface area contributed by atoms with Gasteiger partial charge in [-0.2, -0.15) is 0 Å². The van der Waals surface area contributed by atoms with Crippen molar-refractivity contribution in [1.29, 1.82) is 0 Å². The van der Waals surface area contributed by atoms with Gasteiger partial charge in [0.2, 0.25) is 0 Å². The molecule has 4 fully saturated rings. The van der Waals surface area contributed by atoms with Gasteiger partial charge in [0.1, 0.15) is 0 Å². The minimum atomic E-state index is -0.917. The van der Waals surface area contributed by atoms with Crippen molar-refractivity contribution in [3.8, 4) is 0 Å². The number of carboxylic acids is 1. The van der Waals surface area contributed by atoms with Crippen LogP contribution in [-0.4, -0.2) is 100 Å². The molecule has 6 aliphatic heterocycles. The number of aromatic carboxylic acids is 1. The van der Waals surface area contributed by atoms with Crippen LogP contribution in [0.4, 0.5) is 22.7 Å². The number of nitrogens with two attached hydrogens (primary N) is 1. The van der Waals surface area contributed by atoms with E-state index in [9.17, 15) is 14.7 Å². The second-order valence-corrected chi connectivity index (χ2v) is 21.5. The normalized spacial score (nSPS) is 17.4. The fourth-order valence-corrected chi connectivity index (χ4v) is 11.7. The van der Waals surface area contributed by atoms with Crippen molar-refractivity contribution in [2.75, 3.05) is 63.4 Å². The number of benzene rings is 6. The molecule has 6 aliphatic rings. The Hall–Kier alpha value is -6.76. The number of carbonyl (C=O) groups is 2. The van der Waals surface area contributed by atoms with E-state index in [2.05, 4.69) is 110 Å². The van der Waals surface area contributed by atoms with Crippen LogP contribution >= 0.6 is 0 Å². The van der Waals surface area contributed by atoms with Crippen molar-refractivity contribution in [2.45, 2.75) is 104 Å². The first-order valence-corrected chi connectivity index (χ1v) is 27.5. The van der Waals surface area contributed by atoms with E-state index in [1.807, 2.05) is 42.5 Å². The standard InChI is InChI=1S/C32H36N4O.C21H22N2O2.C11H16N2/c1-23-19-25(22-36-17-4-5-18-36)11-14-28(23)30-20-26-7-6-8-29(31(26)34-30)32(37)33-27-12-9-24(10-13-27)21-35-15-2-3-16-35;1-14-11-15(13-23-9-2-3-10-23)7-8-17(14)19-12-16-5-4-6-18(21(24)25)20(16)22-19;12-11-5-3-10(4-6-11)9-13-7-1-2-8-13/h6-14,19H,2-5,15-18,20-22H2,1H3,(H,33,37);4-8,11H,2-3,9-10,12-13H2,1H3,(H,24,25);3-6H,1-2,7-9,12H2. The van der Waals surface area contributed by atoms with Crippen LogP contribution in [0.1, 0.15) is 128 Å². The van der Waals surface area contributed by atoms with Crippen LogP contribution in [0, 0.1) is 13.8 Å². The molecule has 0 atom stereocenters. The summed E-state index contributed by atoms with van der Waals surface area (Å²) in [6, 6.07) is 41.1. The zero-order chi connectivity index (χ0) is 51.7. The van der Waals surface area contributed by atoms with Crippen LogP contribution in [0.3, 0.4) is 0 Å². The quantitative estimate of drug-likeness (QED) is 0.0976. The van der Waals surface area contributed by atoms with E-state index in [0.29, 0.717) is 17.7 Å². The van der Waals surface area contributed by atoms with Crippen LogP contribution in [0.25, 0.3) is 0 Å². The average Bonchev–Trinajstić information content (AvgIpc) is 4.28. The molecular formula is C64H74N8O3. The number of para-hydroxylation sites is 2. The molecule has 0 saturated carbocycles. The summed E-state index contributed by atoms with van der Waals surface area (Å²) in [6.45, 7) is 18.1. The first-order valence-electron chi connectivity index (χ1n) is 27.5. The second-order valence-electron chi connectivity index (χ2n) is 21.5. The number of nitrogens with zero attached hydrogens (tertiary/aromatic N) is 6. The molecule has 6 aromatic carbocycles. The summed E-state index contributed by atoms with van der Waals surface area (Å²) in [4.78, 5) is 44.3.